The molecule has 6 heteroatoms. The van der Waals surface area contributed by atoms with E-state index in [1.807, 2.05) is 48.5 Å². The molecule has 0 aliphatic heterocycles. The number of fused-ring (bicyclic) bond motifs is 1. The second kappa shape index (κ2) is 9.19. The third-order valence-corrected chi connectivity index (χ3v) is 4.64. The number of carbonyl (C=O) groups is 1. The molecule has 0 spiro atoms. The molecular weight excluding hydrogens is 370 g/mol. The van der Waals surface area contributed by atoms with Gasteiger partial charge in [0.05, 0.1) is 21.3 Å². The first-order valence-corrected chi connectivity index (χ1v) is 9.28. The number of benzene rings is 3. The van der Waals surface area contributed by atoms with Crippen molar-refractivity contribution in [1.29, 1.82) is 0 Å². The Balaban J connectivity index is 1.66. The van der Waals surface area contributed by atoms with Crippen LogP contribution in [0.4, 0.5) is 0 Å². The lowest BCUT2D eigenvalue weighted by atomic mass is 10.1. The molecule has 0 unspecified atom stereocenters. The highest BCUT2D eigenvalue weighted by atomic mass is 16.5. The summed E-state index contributed by atoms with van der Waals surface area (Å²) < 4.78 is 21.9. The van der Waals surface area contributed by atoms with Crippen molar-refractivity contribution in [1.82, 2.24) is 5.32 Å². The Morgan fingerprint density at radius 3 is 2.31 bits per heavy atom. The summed E-state index contributed by atoms with van der Waals surface area (Å²) in [5.74, 6) is 2.00. The van der Waals surface area contributed by atoms with Crippen LogP contribution in [0.3, 0.4) is 0 Å². The summed E-state index contributed by atoms with van der Waals surface area (Å²) in [6.45, 7) is 1.99. The quantitative estimate of drug-likeness (QED) is 0.626. The third kappa shape index (κ3) is 4.54. The molecule has 0 saturated carbocycles. The van der Waals surface area contributed by atoms with Crippen LogP contribution in [0, 0.1) is 0 Å². The van der Waals surface area contributed by atoms with Crippen molar-refractivity contribution in [2.75, 3.05) is 21.3 Å². The number of methoxy groups -OCH3 is 3. The van der Waals surface area contributed by atoms with Crippen molar-refractivity contribution in [2.24, 2.45) is 0 Å². The Kier molecular flexibility index (Phi) is 6.44. The summed E-state index contributed by atoms with van der Waals surface area (Å²) in [6, 6.07) is 17.4. The summed E-state index contributed by atoms with van der Waals surface area (Å²) in [5, 5.41) is 5.06. The maximum absolute atomic E-state index is 12.5. The zero-order chi connectivity index (χ0) is 20.8. The third-order valence-electron chi connectivity index (χ3n) is 4.64. The molecule has 0 radical (unpaired) electrons. The molecule has 3 aromatic rings. The van der Waals surface area contributed by atoms with Gasteiger partial charge in [0.2, 0.25) is 5.75 Å². The van der Waals surface area contributed by atoms with Crippen molar-refractivity contribution in [3.05, 3.63) is 60.2 Å². The van der Waals surface area contributed by atoms with Crippen molar-refractivity contribution < 1.29 is 23.7 Å². The first-order valence-electron chi connectivity index (χ1n) is 9.28. The number of nitrogens with one attached hydrogen (secondary N) is 1. The molecule has 0 heterocycles. The molecule has 6 nitrogen and oxygen atoms in total. The van der Waals surface area contributed by atoms with E-state index in [0.717, 1.165) is 16.3 Å². The molecule has 1 N–H and O–H groups in total. The fourth-order valence-corrected chi connectivity index (χ4v) is 3.13. The first-order chi connectivity index (χ1) is 14.1. The molecule has 0 bridgehead atoms. The average molecular weight is 395 g/mol. The van der Waals surface area contributed by atoms with Crippen LogP contribution in [0.25, 0.3) is 10.8 Å². The summed E-state index contributed by atoms with van der Waals surface area (Å²) in [4.78, 5) is 12.5. The highest BCUT2D eigenvalue weighted by Gasteiger charge is 2.19. The predicted molar refractivity (Wildman–Crippen MR) is 112 cm³/mol. The van der Waals surface area contributed by atoms with E-state index in [2.05, 4.69) is 5.32 Å². The molecule has 3 rings (SSSR count). The topological polar surface area (TPSA) is 66.0 Å². The van der Waals surface area contributed by atoms with Crippen LogP contribution in [0.1, 0.15) is 12.5 Å². The van der Waals surface area contributed by atoms with E-state index in [0.29, 0.717) is 23.0 Å². The van der Waals surface area contributed by atoms with Gasteiger partial charge in [0.15, 0.2) is 17.6 Å². The monoisotopic (exact) mass is 395 g/mol. The van der Waals surface area contributed by atoms with Gasteiger partial charge in [-0.25, -0.2) is 0 Å². The molecule has 0 fully saturated rings. The van der Waals surface area contributed by atoms with E-state index >= 15 is 0 Å². The Morgan fingerprint density at radius 1 is 0.897 bits per heavy atom. The fraction of sp³-hybridized carbons (Fsp3) is 0.261. The van der Waals surface area contributed by atoms with Crippen LogP contribution in [-0.4, -0.2) is 33.3 Å². The molecule has 0 saturated heterocycles. The number of carbonyl (C=O) groups excluding carboxylic acids is 1. The van der Waals surface area contributed by atoms with E-state index in [9.17, 15) is 4.79 Å². The number of ether oxygens (including phenoxy) is 4. The van der Waals surface area contributed by atoms with Crippen LogP contribution in [0.15, 0.2) is 54.6 Å². The molecule has 1 amide bonds. The maximum Gasteiger partial charge on any atom is 0.261 e. The van der Waals surface area contributed by atoms with Crippen molar-refractivity contribution in [3.63, 3.8) is 0 Å². The van der Waals surface area contributed by atoms with E-state index in [1.165, 1.54) is 0 Å². The van der Waals surface area contributed by atoms with Crippen molar-refractivity contribution in [2.45, 2.75) is 19.6 Å². The summed E-state index contributed by atoms with van der Waals surface area (Å²) in [7, 11) is 4.65. The van der Waals surface area contributed by atoms with E-state index in [1.54, 1.807) is 34.3 Å². The largest absolute Gasteiger partial charge is 0.493 e. The van der Waals surface area contributed by atoms with Crippen LogP contribution in [-0.2, 0) is 11.3 Å². The molecule has 0 aromatic heterocycles. The molecule has 1 atom stereocenters. The Morgan fingerprint density at radius 2 is 1.62 bits per heavy atom. The van der Waals surface area contributed by atoms with Crippen molar-refractivity contribution in [3.8, 4) is 23.0 Å². The van der Waals surface area contributed by atoms with Gasteiger partial charge in [-0.3, -0.25) is 4.79 Å². The standard InChI is InChI=1S/C23H25NO5/c1-15(29-19-11-9-16-7-5-6-8-17(16)13-19)23(25)24-14-18-10-12-20(26-2)22(28-4)21(18)27-3/h5-13,15H,14H2,1-4H3,(H,24,25)/t15-/m1/s1. The van der Waals surface area contributed by atoms with E-state index < -0.39 is 6.10 Å². The smallest absolute Gasteiger partial charge is 0.261 e. The second-order valence-corrected chi connectivity index (χ2v) is 6.48. The second-order valence-electron chi connectivity index (χ2n) is 6.48. The van der Waals surface area contributed by atoms with Crippen LogP contribution in [0.5, 0.6) is 23.0 Å². The molecule has 3 aromatic carbocycles. The summed E-state index contributed by atoms with van der Waals surface area (Å²) in [5.41, 5.74) is 0.774. The van der Waals surface area contributed by atoms with Gasteiger partial charge in [0.1, 0.15) is 5.75 Å². The lowest BCUT2D eigenvalue weighted by molar-refractivity contribution is -0.127. The van der Waals surface area contributed by atoms with E-state index in [-0.39, 0.29) is 12.5 Å². The lowest BCUT2D eigenvalue weighted by Crippen LogP contribution is -2.36. The van der Waals surface area contributed by atoms with Gasteiger partial charge in [0, 0.05) is 12.1 Å². The highest BCUT2D eigenvalue weighted by Crippen LogP contribution is 2.39. The van der Waals surface area contributed by atoms with Gasteiger partial charge >= 0.3 is 0 Å². The van der Waals surface area contributed by atoms with Crippen LogP contribution in [0.2, 0.25) is 0 Å². The number of hydrogen-bond acceptors (Lipinski definition) is 5. The molecule has 0 aliphatic rings. The molecule has 29 heavy (non-hydrogen) atoms. The normalized spacial score (nSPS) is 11.6. The average Bonchev–Trinajstić information content (AvgIpc) is 2.76. The lowest BCUT2D eigenvalue weighted by Gasteiger charge is -2.18. The first kappa shape index (κ1) is 20.3. The van der Waals surface area contributed by atoms with Gasteiger partial charge in [-0.05, 0) is 42.0 Å². The zero-order valence-electron chi connectivity index (χ0n) is 17.0. The Bertz CT molecular complexity index is 1000. The highest BCUT2D eigenvalue weighted by molar-refractivity contribution is 5.84. The minimum absolute atomic E-state index is 0.227. The Labute approximate surface area is 170 Å². The minimum Gasteiger partial charge on any atom is -0.493 e. The van der Waals surface area contributed by atoms with Crippen molar-refractivity contribution >= 4 is 16.7 Å². The van der Waals surface area contributed by atoms with Gasteiger partial charge < -0.3 is 24.3 Å². The minimum atomic E-state index is -0.651. The number of amides is 1. The van der Waals surface area contributed by atoms with Gasteiger partial charge in [-0.2, -0.15) is 0 Å². The van der Waals surface area contributed by atoms with Crippen LogP contribution < -0.4 is 24.3 Å². The van der Waals surface area contributed by atoms with Gasteiger partial charge in [0.25, 0.3) is 5.91 Å². The molecule has 0 aliphatic carbocycles. The molecule has 152 valence electrons. The van der Waals surface area contributed by atoms with E-state index in [4.69, 9.17) is 18.9 Å². The zero-order valence-corrected chi connectivity index (χ0v) is 17.0. The summed E-state index contributed by atoms with van der Waals surface area (Å²) >= 11 is 0. The van der Waals surface area contributed by atoms with Crippen LogP contribution >= 0.6 is 0 Å². The SMILES string of the molecule is COc1ccc(CNC(=O)[C@@H](C)Oc2ccc3ccccc3c2)c(OC)c1OC. The molecular formula is C23H25NO5. The number of hydrogen-bond donors (Lipinski definition) is 1. The summed E-state index contributed by atoms with van der Waals surface area (Å²) in [6.07, 6.45) is -0.651. The maximum atomic E-state index is 12.5. The fourth-order valence-electron chi connectivity index (χ4n) is 3.13. The Hall–Kier alpha value is -3.41. The number of rotatable bonds is 8. The van der Waals surface area contributed by atoms with Gasteiger partial charge in [-0.15, -0.1) is 0 Å². The predicted octanol–water partition coefficient (Wildman–Crippen LogP) is 3.95. The van der Waals surface area contributed by atoms with Gasteiger partial charge in [-0.1, -0.05) is 30.3 Å².